The van der Waals surface area contributed by atoms with Gasteiger partial charge in [0.05, 0.1) is 23.3 Å². The van der Waals surface area contributed by atoms with Gasteiger partial charge in [-0.1, -0.05) is 23.7 Å². The van der Waals surface area contributed by atoms with Crippen LogP contribution < -0.4 is 10.2 Å². The lowest BCUT2D eigenvalue weighted by Gasteiger charge is -2.32. The lowest BCUT2D eigenvalue weighted by atomic mass is 9.97. The van der Waals surface area contributed by atoms with E-state index in [9.17, 15) is 4.79 Å². The van der Waals surface area contributed by atoms with Gasteiger partial charge in [0.25, 0.3) is 0 Å². The summed E-state index contributed by atoms with van der Waals surface area (Å²) in [5.41, 5.74) is 3.43. The minimum absolute atomic E-state index is 0.0225. The molecule has 1 saturated heterocycles. The monoisotopic (exact) mass is 432 g/mol. The molecule has 3 heterocycles. The Morgan fingerprint density at radius 1 is 1.10 bits per heavy atom. The van der Waals surface area contributed by atoms with E-state index in [2.05, 4.69) is 30.6 Å². The molecule has 1 fully saturated rings. The number of carbonyl (C=O) groups excluding carboxylic acids is 1. The first-order valence-electron chi connectivity index (χ1n) is 10.2. The van der Waals surface area contributed by atoms with Crippen LogP contribution in [-0.2, 0) is 4.79 Å². The molecule has 5 rings (SSSR count). The predicted molar refractivity (Wildman–Crippen MR) is 122 cm³/mol. The van der Waals surface area contributed by atoms with Crippen molar-refractivity contribution in [1.29, 1.82) is 0 Å². The summed E-state index contributed by atoms with van der Waals surface area (Å²) in [4.78, 5) is 15.0. The standard InChI is InChI=1S/C23H21ClN6O/c24-18-6-3-15(4-7-18)20-9-10-22(29-28-20)30-11-1-2-17(14-30)23(31)26-19-8-5-16-13-25-27-21(16)12-19/h3-10,12-13,17H,1-2,11,14H2,(H,25,27)(H,26,31). The number of halogens is 1. The number of rotatable bonds is 4. The van der Waals surface area contributed by atoms with Crippen molar-refractivity contribution < 1.29 is 4.79 Å². The largest absolute Gasteiger partial charge is 0.354 e. The Hall–Kier alpha value is -3.45. The number of anilines is 2. The van der Waals surface area contributed by atoms with Gasteiger partial charge in [-0.25, -0.2) is 0 Å². The van der Waals surface area contributed by atoms with Crippen molar-refractivity contribution in [3.05, 3.63) is 65.8 Å². The van der Waals surface area contributed by atoms with Gasteiger partial charge >= 0.3 is 0 Å². The van der Waals surface area contributed by atoms with Gasteiger partial charge in [-0.05, 0) is 55.3 Å². The highest BCUT2D eigenvalue weighted by Gasteiger charge is 2.27. The summed E-state index contributed by atoms with van der Waals surface area (Å²) < 4.78 is 0. The molecular weight excluding hydrogens is 412 g/mol. The highest BCUT2D eigenvalue weighted by molar-refractivity contribution is 6.30. The minimum atomic E-state index is -0.107. The van der Waals surface area contributed by atoms with Crippen molar-refractivity contribution in [3.63, 3.8) is 0 Å². The van der Waals surface area contributed by atoms with E-state index in [1.807, 2.05) is 54.6 Å². The SMILES string of the molecule is O=C(Nc1ccc2cn[nH]c2c1)C1CCCN(c2ccc(-c3ccc(Cl)cc3)nn2)C1. The van der Waals surface area contributed by atoms with Crippen molar-refractivity contribution in [1.82, 2.24) is 20.4 Å². The van der Waals surface area contributed by atoms with Crippen LogP contribution in [0.1, 0.15) is 12.8 Å². The maximum absolute atomic E-state index is 12.9. The number of aromatic nitrogens is 4. The molecule has 1 aliphatic rings. The van der Waals surface area contributed by atoms with Gasteiger partial charge in [0, 0.05) is 34.7 Å². The number of fused-ring (bicyclic) bond motifs is 1. The Morgan fingerprint density at radius 2 is 1.97 bits per heavy atom. The number of piperidine rings is 1. The summed E-state index contributed by atoms with van der Waals surface area (Å²) in [6.45, 7) is 1.48. The van der Waals surface area contributed by atoms with Crippen molar-refractivity contribution in [2.24, 2.45) is 5.92 Å². The summed E-state index contributed by atoms with van der Waals surface area (Å²) in [5.74, 6) is 0.701. The molecule has 2 aromatic heterocycles. The Kier molecular flexibility index (Phi) is 5.26. The maximum atomic E-state index is 12.9. The van der Waals surface area contributed by atoms with Gasteiger partial charge in [0.2, 0.25) is 5.91 Å². The summed E-state index contributed by atoms with van der Waals surface area (Å²) in [7, 11) is 0. The van der Waals surface area contributed by atoms with E-state index in [4.69, 9.17) is 11.6 Å². The summed E-state index contributed by atoms with van der Waals surface area (Å²) in [6, 6.07) is 17.2. The Balaban J connectivity index is 1.26. The summed E-state index contributed by atoms with van der Waals surface area (Å²) in [6.07, 6.45) is 3.54. The van der Waals surface area contributed by atoms with E-state index in [0.29, 0.717) is 11.6 Å². The van der Waals surface area contributed by atoms with E-state index >= 15 is 0 Å². The zero-order valence-corrected chi connectivity index (χ0v) is 17.5. The van der Waals surface area contributed by atoms with E-state index in [-0.39, 0.29) is 11.8 Å². The van der Waals surface area contributed by atoms with Gasteiger partial charge in [-0.15, -0.1) is 10.2 Å². The quantitative estimate of drug-likeness (QED) is 0.494. The molecule has 1 aliphatic heterocycles. The molecule has 1 atom stereocenters. The number of aromatic amines is 1. The van der Waals surface area contributed by atoms with Gasteiger partial charge in [-0.2, -0.15) is 5.10 Å². The van der Waals surface area contributed by atoms with E-state index < -0.39 is 0 Å². The van der Waals surface area contributed by atoms with E-state index in [0.717, 1.165) is 53.1 Å². The predicted octanol–water partition coefficient (Wildman–Crippen LogP) is 4.53. The summed E-state index contributed by atoms with van der Waals surface area (Å²) in [5, 5.41) is 20.5. The van der Waals surface area contributed by atoms with Crippen molar-refractivity contribution in [3.8, 4) is 11.3 Å². The first-order valence-corrected chi connectivity index (χ1v) is 10.6. The van der Waals surface area contributed by atoms with Crippen LogP contribution in [0.15, 0.2) is 60.8 Å². The first-order chi connectivity index (χ1) is 15.2. The highest BCUT2D eigenvalue weighted by atomic mass is 35.5. The fraction of sp³-hybridized carbons (Fsp3) is 0.217. The number of nitrogens with one attached hydrogen (secondary N) is 2. The number of benzene rings is 2. The van der Waals surface area contributed by atoms with E-state index in [1.165, 1.54) is 0 Å². The molecule has 0 saturated carbocycles. The van der Waals surface area contributed by atoms with Crippen LogP contribution in [0.3, 0.4) is 0 Å². The zero-order valence-electron chi connectivity index (χ0n) is 16.8. The van der Waals surface area contributed by atoms with E-state index in [1.54, 1.807) is 6.20 Å². The molecule has 8 heteroatoms. The molecule has 156 valence electrons. The molecule has 7 nitrogen and oxygen atoms in total. The molecule has 2 aromatic carbocycles. The third-order valence-corrected chi connectivity index (χ3v) is 5.87. The third kappa shape index (κ3) is 4.22. The molecule has 1 unspecified atom stereocenters. The molecule has 4 aromatic rings. The first kappa shape index (κ1) is 19.5. The molecular formula is C23H21ClN6O. The fourth-order valence-corrected chi connectivity index (χ4v) is 4.05. The van der Waals surface area contributed by atoms with Crippen LogP contribution in [-0.4, -0.2) is 39.4 Å². The molecule has 2 N–H and O–H groups in total. The second kappa shape index (κ2) is 8.35. The molecule has 31 heavy (non-hydrogen) atoms. The van der Waals surface area contributed by atoms with Crippen molar-refractivity contribution in [2.75, 3.05) is 23.3 Å². The van der Waals surface area contributed by atoms with Crippen LogP contribution in [0, 0.1) is 5.92 Å². The van der Waals surface area contributed by atoms with Crippen LogP contribution in [0.5, 0.6) is 0 Å². The normalized spacial score (nSPS) is 16.4. The fourth-order valence-electron chi connectivity index (χ4n) is 3.93. The van der Waals surface area contributed by atoms with Crippen molar-refractivity contribution in [2.45, 2.75) is 12.8 Å². The zero-order chi connectivity index (χ0) is 21.2. The number of hydrogen-bond acceptors (Lipinski definition) is 5. The van der Waals surface area contributed by atoms with Gasteiger partial charge in [0.15, 0.2) is 5.82 Å². The number of amides is 1. The van der Waals surface area contributed by atoms with Gasteiger partial charge in [0.1, 0.15) is 0 Å². The minimum Gasteiger partial charge on any atom is -0.354 e. The van der Waals surface area contributed by atoms with Crippen molar-refractivity contribution >= 4 is 39.9 Å². The van der Waals surface area contributed by atoms with Gasteiger partial charge < -0.3 is 10.2 Å². The Labute approximate surface area is 184 Å². The average Bonchev–Trinajstić information content (AvgIpc) is 3.28. The summed E-state index contributed by atoms with van der Waals surface area (Å²) >= 11 is 5.96. The molecule has 0 bridgehead atoms. The van der Waals surface area contributed by atoms with Gasteiger partial charge in [-0.3, -0.25) is 9.89 Å². The van der Waals surface area contributed by atoms with Crippen LogP contribution in [0.2, 0.25) is 5.02 Å². The number of carbonyl (C=O) groups is 1. The highest BCUT2D eigenvalue weighted by Crippen LogP contribution is 2.25. The number of nitrogens with zero attached hydrogens (tertiary/aromatic N) is 4. The lowest BCUT2D eigenvalue weighted by molar-refractivity contribution is -0.120. The molecule has 0 radical (unpaired) electrons. The molecule has 1 amide bonds. The Bertz CT molecular complexity index is 1200. The number of hydrogen-bond donors (Lipinski definition) is 2. The number of H-pyrrole nitrogens is 1. The molecule has 0 spiro atoms. The second-order valence-electron chi connectivity index (χ2n) is 7.73. The smallest absolute Gasteiger partial charge is 0.229 e. The van der Waals surface area contributed by atoms with Crippen LogP contribution in [0.4, 0.5) is 11.5 Å². The topological polar surface area (TPSA) is 86.8 Å². The van der Waals surface area contributed by atoms with Crippen LogP contribution in [0.25, 0.3) is 22.2 Å². The maximum Gasteiger partial charge on any atom is 0.229 e. The third-order valence-electron chi connectivity index (χ3n) is 5.62. The average molecular weight is 433 g/mol. The second-order valence-corrected chi connectivity index (χ2v) is 8.17. The molecule has 0 aliphatic carbocycles. The lowest BCUT2D eigenvalue weighted by Crippen LogP contribution is -2.41. The van der Waals surface area contributed by atoms with Crippen LogP contribution >= 0.6 is 11.6 Å². The Morgan fingerprint density at radius 3 is 2.77 bits per heavy atom.